The number of benzene rings is 3. The van der Waals surface area contributed by atoms with E-state index in [0.717, 1.165) is 13.1 Å². The van der Waals surface area contributed by atoms with Gasteiger partial charge in [0.15, 0.2) is 0 Å². The second-order valence-electron chi connectivity index (χ2n) is 7.48. The number of likely N-dealkylation sites (tertiary alicyclic amines) is 1. The minimum absolute atomic E-state index is 0.145. The van der Waals surface area contributed by atoms with Crippen LogP contribution < -0.4 is 0 Å². The molecular weight excluding hydrogens is 334 g/mol. The Hall–Kier alpha value is -2.65. The average Bonchev–Trinajstić information content (AvgIpc) is 2.70. The highest BCUT2D eigenvalue weighted by Crippen LogP contribution is 2.37. The van der Waals surface area contributed by atoms with Crippen LogP contribution in [0.15, 0.2) is 66.7 Å². The molecule has 1 aliphatic rings. The van der Waals surface area contributed by atoms with Crippen molar-refractivity contribution in [3.63, 3.8) is 0 Å². The third kappa shape index (κ3) is 3.47. The molecule has 0 saturated carbocycles. The molecule has 1 atom stereocenters. The maximum Gasteiger partial charge on any atom is 0.306 e. The van der Waals surface area contributed by atoms with Crippen LogP contribution >= 0.6 is 0 Å². The molecule has 3 heteroatoms. The SMILES string of the molecule is Cc1ccccc1C(c1cccc2ccccc12)N1CCC(C(=O)O)CC1. The molecule has 138 valence electrons. The fourth-order valence-corrected chi connectivity index (χ4v) is 4.35. The Balaban J connectivity index is 1.80. The number of rotatable bonds is 4. The first-order chi connectivity index (χ1) is 13.1. The van der Waals surface area contributed by atoms with Crippen LogP contribution in [0, 0.1) is 12.8 Å². The molecule has 1 N–H and O–H groups in total. The van der Waals surface area contributed by atoms with Crippen molar-refractivity contribution in [3.05, 3.63) is 83.4 Å². The topological polar surface area (TPSA) is 40.5 Å². The molecule has 0 spiro atoms. The van der Waals surface area contributed by atoms with E-state index < -0.39 is 5.97 Å². The zero-order chi connectivity index (χ0) is 18.8. The van der Waals surface area contributed by atoms with E-state index in [1.807, 2.05) is 0 Å². The summed E-state index contributed by atoms with van der Waals surface area (Å²) in [6.45, 7) is 3.77. The number of piperidine rings is 1. The molecule has 0 aromatic heterocycles. The van der Waals surface area contributed by atoms with E-state index >= 15 is 0 Å². The van der Waals surface area contributed by atoms with Gasteiger partial charge in [-0.15, -0.1) is 0 Å². The minimum Gasteiger partial charge on any atom is -0.481 e. The first kappa shape index (κ1) is 17.7. The lowest BCUT2D eigenvalue weighted by atomic mass is 9.87. The Morgan fingerprint density at radius 1 is 0.926 bits per heavy atom. The highest BCUT2D eigenvalue weighted by Gasteiger charge is 2.31. The highest BCUT2D eigenvalue weighted by atomic mass is 16.4. The van der Waals surface area contributed by atoms with Gasteiger partial charge >= 0.3 is 5.97 Å². The third-order valence-electron chi connectivity index (χ3n) is 5.84. The first-order valence-electron chi connectivity index (χ1n) is 9.65. The third-order valence-corrected chi connectivity index (χ3v) is 5.84. The number of fused-ring (bicyclic) bond motifs is 1. The molecule has 0 bridgehead atoms. The molecule has 27 heavy (non-hydrogen) atoms. The van der Waals surface area contributed by atoms with Crippen molar-refractivity contribution < 1.29 is 9.90 Å². The summed E-state index contributed by atoms with van der Waals surface area (Å²) in [5, 5.41) is 11.9. The Bertz CT molecular complexity index is 952. The Labute approximate surface area is 160 Å². The molecule has 1 saturated heterocycles. The van der Waals surface area contributed by atoms with Crippen LogP contribution in [0.4, 0.5) is 0 Å². The summed E-state index contributed by atoms with van der Waals surface area (Å²) in [5.41, 5.74) is 3.88. The van der Waals surface area contributed by atoms with Crippen LogP contribution in [0.5, 0.6) is 0 Å². The summed E-state index contributed by atoms with van der Waals surface area (Å²) in [6, 6.07) is 23.7. The van der Waals surface area contributed by atoms with Gasteiger partial charge in [0.1, 0.15) is 0 Å². The fraction of sp³-hybridized carbons (Fsp3) is 0.292. The minimum atomic E-state index is -0.660. The standard InChI is InChI=1S/C24H25NO2/c1-17-7-2-4-10-20(17)23(25-15-13-19(14-16-25)24(26)27)22-12-6-9-18-8-3-5-11-21(18)22/h2-12,19,23H,13-16H2,1H3,(H,26,27). The molecular formula is C24H25NO2. The number of aliphatic carboxylic acids is 1. The summed E-state index contributed by atoms with van der Waals surface area (Å²) in [4.78, 5) is 13.8. The van der Waals surface area contributed by atoms with Gasteiger partial charge in [0.2, 0.25) is 0 Å². The van der Waals surface area contributed by atoms with Crippen molar-refractivity contribution in [1.29, 1.82) is 0 Å². The molecule has 1 aliphatic heterocycles. The van der Waals surface area contributed by atoms with E-state index in [9.17, 15) is 9.90 Å². The predicted molar refractivity (Wildman–Crippen MR) is 109 cm³/mol. The maximum atomic E-state index is 11.4. The number of carboxylic acid groups (broad SMARTS) is 1. The lowest BCUT2D eigenvalue weighted by Crippen LogP contribution is -2.39. The molecule has 3 aromatic rings. The molecule has 3 nitrogen and oxygen atoms in total. The number of nitrogens with zero attached hydrogens (tertiary/aromatic N) is 1. The molecule has 4 rings (SSSR count). The monoisotopic (exact) mass is 359 g/mol. The van der Waals surface area contributed by atoms with Crippen LogP contribution in [0.25, 0.3) is 10.8 Å². The van der Waals surface area contributed by atoms with Crippen LogP contribution in [0.3, 0.4) is 0 Å². The largest absolute Gasteiger partial charge is 0.481 e. The van der Waals surface area contributed by atoms with Gasteiger partial charge in [-0.05, 0) is 60.3 Å². The molecule has 1 fully saturated rings. The number of carboxylic acids is 1. The molecule has 0 radical (unpaired) electrons. The van der Waals surface area contributed by atoms with Crippen molar-refractivity contribution in [2.45, 2.75) is 25.8 Å². The van der Waals surface area contributed by atoms with Crippen molar-refractivity contribution in [2.24, 2.45) is 5.92 Å². The van der Waals surface area contributed by atoms with Crippen molar-refractivity contribution in [2.75, 3.05) is 13.1 Å². The van der Waals surface area contributed by atoms with E-state index in [0.29, 0.717) is 12.8 Å². The maximum absolute atomic E-state index is 11.4. The van der Waals surface area contributed by atoms with Crippen molar-refractivity contribution in [1.82, 2.24) is 4.90 Å². The van der Waals surface area contributed by atoms with Crippen LogP contribution in [0.1, 0.15) is 35.6 Å². The van der Waals surface area contributed by atoms with E-state index in [1.165, 1.54) is 27.5 Å². The van der Waals surface area contributed by atoms with Gasteiger partial charge in [-0.2, -0.15) is 0 Å². The van der Waals surface area contributed by atoms with E-state index in [2.05, 4.69) is 78.6 Å². The van der Waals surface area contributed by atoms with Gasteiger partial charge in [-0.3, -0.25) is 9.69 Å². The van der Waals surface area contributed by atoms with Crippen LogP contribution in [-0.2, 0) is 4.79 Å². The lowest BCUT2D eigenvalue weighted by molar-refractivity contribution is -0.143. The number of carbonyl (C=O) groups is 1. The van der Waals surface area contributed by atoms with Gasteiger partial charge in [0, 0.05) is 0 Å². The summed E-state index contributed by atoms with van der Waals surface area (Å²) in [6.07, 6.45) is 1.42. The molecule has 0 amide bonds. The van der Waals surface area contributed by atoms with Crippen LogP contribution in [0.2, 0.25) is 0 Å². The number of hydrogen-bond acceptors (Lipinski definition) is 2. The second-order valence-corrected chi connectivity index (χ2v) is 7.48. The van der Waals surface area contributed by atoms with Gasteiger partial charge < -0.3 is 5.11 Å². The second kappa shape index (κ2) is 7.53. The zero-order valence-corrected chi connectivity index (χ0v) is 15.6. The van der Waals surface area contributed by atoms with E-state index in [1.54, 1.807) is 0 Å². The summed E-state index contributed by atoms with van der Waals surface area (Å²) in [5.74, 6) is -0.876. The van der Waals surface area contributed by atoms with Crippen molar-refractivity contribution >= 4 is 16.7 Å². The Morgan fingerprint density at radius 2 is 1.56 bits per heavy atom. The number of aryl methyl sites for hydroxylation is 1. The highest BCUT2D eigenvalue weighted by molar-refractivity contribution is 5.86. The first-order valence-corrected chi connectivity index (χ1v) is 9.65. The Morgan fingerprint density at radius 3 is 2.30 bits per heavy atom. The smallest absolute Gasteiger partial charge is 0.306 e. The summed E-state index contributed by atoms with van der Waals surface area (Å²) in [7, 11) is 0. The molecule has 0 aliphatic carbocycles. The predicted octanol–water partition coefficient (Wildman–Crippen LogP) is 5.03. The number of hydrogen-bond donors (Lipinski definition) is 1. The van der Waals surface area contributed by atoms with Gasteiger partial charge in [0.05, 0.1) is 12.0 Å². The average molecular weight is 359 g/mol. The normalized spacial score (nSPS) is 17.1. The van der Waals surface area contributed by atoms with E-state index in [-0.39, 0.29) is 12.0 Å². The fourth-order valence-electron chi connectivity index (χ4n) is 4.35. The van der Waals surface area contributed by atoms with Crippen molar-refractivity contribution in [3.8, 4) is 0 Å². The van der Waals surface area contributed by atoms with Gasteiger partial charge in [-0.1, -0.05) is 66.7 Å². The molecule has 3 aromatic carbocycles. The lowest BCUT2D eigenvalue weighted by Gasteiger charge is -2.38. The molecule has 1 unspecified atom stereocenters. The Kier molecular flexibility index (Phi) is 4.95. The molecule has 1 heterocycles. The van der Waals surface area contributed by atoms with Gasteiger partial charge in [-0.25, -0.2) is 0 Å². The summed E-state index contributed by atoms with van der Waals surface area (Å²) >= 11 is 0. The zero-order valence-electron chi connectivity index (χ0n) is 15.6. The summed E-state index contributed by atoms with van der Waals surface area (Å²) < 4.78 is 0. The van der Waals surface area contributed by atoms with E-state index in [4.69, 9.17) is 0 Å². The van der Waals surface area contributed by atoms with Gasteiger partial charge in [0.25, 0.3) is 0 Å². The quantitative estimate of drug-likeness (QED) is 0.710. The van der Waals surface area contributed by atoms with Crippen LogP contribution in [-0.4, -0.2) is 29.1 Å².